The Morgan fingerprint density at radius 2 is 1.91 bits per heavy atom. The van der Waals surface area contributed by atoms with Gasteiger partial charge in [-0.25, -0.2) is 23.4 Å². The summed E-state index contributed by atoms with van der Waals surface area (Å²) in [5.74, 6) is 3.56. The fourth-order valence-electron chi connectivity index (χ4n) is 3.71. The van der Waals surface area contributed by atoms with Crippen molar-refractivity contribution in [3.05, 3.63) is 59.5 Å². The summed E-state index contributed by atoms with van der Waals surface area (Å²) in [7, 11) is -1.41. The molecule has 0 saturated carbocycles. The smallest absolute Gasteiger partial charge is 0.322 e. The molecule has 1 aliphatic rings. The Labute approximate surface area is 189 Å². The molecule has 0 unspecified atom stereocenters. The molecule has 33 heavy (non-hydrogen) atoms. The number of benzene rings is 2. The van der Waals surface area contributed by atoms with Gasteiger partial charge in [0.05, 0.1) is 29.8 Å². The van der Waals surface area contributed by atoms with Crippen molar-refractivity contribution >= 4 is 38.4 Å². The molecule has 4 rings (SSSR count). The second kappa shape index (κ2) is 8.79. The number of fused-ring (bicyclic) bond motifs is 1. The molecule has 2 aromatic carbocycles. The van der Waals surface area contributed by atoms with Crippen LogP contribution in [0.5, 0.6) is 0 Å². The number of sulfone groups is 1. The zero-order valence-corrected chi connectivity index (χ0v) is 18.7. The summed E-state index contributed by atoms with van der Waals surface area (Å²) in [5.41, 5.74) is 3.47. The lowest BCUT2D eigenvalue weighted by Gasteiger charge is -2.33. The molecule has 0 bridgehead atoms. The lowest BCUT2D eigenvalue weighted by molar-refractivity contribution is 0.0953. The van der Waals surface area contributed by atoms with E-state index in [1.807, 2.05) is 11.5 Å². The van der Waals surface area contributed by atoms with E-state index >= 15 is 0 Å². The zero-order chi connectivity index (χ0) is 23.8. The second-order valence-electron chi connectivity index (χ2n) is 7.80. The predicted molar refractivity (Wildman–Crippen MR) is 121 cm³/mol. The van der Waals surface area contributed by atoms with E-state index in [0.717, 1.165) is 17.0 Å². The maximum absolute atomic E-state index is 14.8. The first kappa shape index (κ1) is 22.7. The zero-order valence-electron chi connectivity index (χ0n) is 17.9. The molecular formula is C21H23FN6O4S. The SMILES string of the molecule is Cn1ncc2ccc(N(Cc3ccc(C(=O)NN)cc3F)C(=O)N3CCS(=O)(=O)CC3)cc21. The molecule has 12 heteroatoms. The van der Waals surface area contributed by atoms with Crippen molar-refractivity contribution in [3.63, 3.8) is 0 Å². The highest BCUT2D eigenvalue weighted by molar-refractivity contribution is 7.91. The van der Waals surface area contributed by atoms with Gasteiger partial charge < -0.3 is 4.90 Å². The third-order valence-corrected chi connectivity index (χ3v) is 7.27. The first-order chi connectivity index (χ1) is 15.7. The summed E-state index contributed by atoms with van der Waals surface area (Å²) >= 11 is 0. The van der Waals surface area contributed by atoms with Crippen LogP contribution in [0, 0.1) is 5.82 Å². The number of nitrogens with two attached hydrogens (primary N) is 1. The number of nitrogens with zero attached hydrogens (tertiary/aromatic N) is 4. The van der Waals surface area contributed by atoms with Gasteiger partial charge in [-0.2, -0.15) is 5.10 Å². The van der Waals surface area contributed by atoms with Crippen LogP contribution in [0.25, 0.3) is 10.9 Å². The molecule has 1 aromatic heterocycles. The maximum atomic E-state index is 14.8. The minimum absolute atomic E-state index is 0.0502. The average molecular weight is 475 g/mol. The van der Waals surface area contributed by atoms with Crippen LogP contribution < -0.4 is 16.2 Å². The van der Waals surface area contributed by atoms with Crippen molar-refractivity contribution in [2.75, 3.05) is 29.5 Å². The lowest BCUT2D eigenvalue weighted by Crippen LogP contribution is -2.49. The van der Waals surface area contributed by atoms with Gasteiger partial charge in [-0.05, 0) is 30.3 Å². The maximum Gasteiger partial charge on any atom is 0.324 e. The highest BCUT2D eigenvalue weighted by Gasteiger charge is 2.30. The molecule has 10 nitrogen and oxygen atoms in total. The van der Waals surface area contributed by atoms with E-state index in [2.05, 4.69) is 5.10 Å². The van der Waals surface area contributed by atoms with Gasteiger partial charge in [0.15, 0.2) is 9.84 Å². The fourth-order valence-corrected chi connectivity index (χ4v) is 4.92. The van der Waals surface area contributed by atoms with Gasteiger partial charge in [0.1, 0.15) is 5.82 Å². The van der Waals surface area contributed by atoms with Crippen LogP contribution in [0.4, 0.5) is 14.9 Å². The molecule has 0 aliphatic carbocycles. The molecule has 0 atom stereocenters. The minimum atomic E-state index is -3.18. The molecule has 3 aromatic rings. The number of aryl methyl sites for hydroxylation is 1. The van der Waals surface area contributed by atoms with Gasteiger partial charge in [0.2, 0.25) is 0 Å². The Balaban J connectivity index is 1.70. The number of nitrogens with one attached hydrogen (secondary N) is 1. The Morgan fingerprint density at radius 1 is 1.18 bits per heavy atom. The molecule has 3 N–H and O–H groups in total. The van der Waals surface area contributed by atoms with Gasteiger partial charge in [0.25, 0.3) is 5.91 Å². The van der Waals surface area contributed by atoms with Crippen LogP contribution in [-0.4, -0.2) is 59.6 Å². The van der Waals surface area contributed by atoms with E-state index in [-0.39, 0.29) is 42.3 Å². The molecule has 1 fully saturated rings. The number of amides is 3. The summed E-state index contributed by atoms with van der Waals surface area (Å²) in [5, 5.41) is 5.08. The quantitative estimate of drug-likeness (QED) is 0.332. The number of nitrogen functional groups attached to an aromatic ring is 1. The van der Waals surface area contributed by atoms with E-state index in [1.165, 1.54) is 21.9 Å². The van der Waals surface area contributed by atoms with Crippen molar-refractivity contribution in [3.8, 4) is 0 Å². The summed E-state index contributed by atoms with van der Waals surface area (Å²) in [6, 6.07) is 8.77. The minimum Gasteiger partial charge on any atom is -0.322 e. The van der Waals surface area contributed by atoms with Crippen molar-refractivity contribution in [2.45, 2.75) is 6.54 Å². The van der Waals surface area contributed by atoms with Gasteiger partial charge in [-0.1, -0.05) is 6.07 Å². The van der Waals surface area contributed by atoms with Crippen LogP contribution >= 0.6 is 0 Å². The molecule has 0 radical (unpaired) electrons. The molecule has 1 saturated heterocycles. The number of aromatic nitrogens is 2. The van der Waals surface area contributed by atoms with Crippen molar-refractivity contribution < 1.29 is 22.4 Å². The number of anilines is 1. The number of carbonyl (C=O) groups excluding carboxylic acids is 2. The average Bonchev–Trinajstić information content (AvgIpc) is 3.17. The lowest BCUT2D eigenvalue weighted by atomic mass is 10.1. The number of hydrogen-bond acceptors (Lipinski definition) is 6. The van der Waals surface area contributed by atoms with Gasteiger partial charge in [0, 0.05) is 42.3 Å². The number of carbonyl (C=O) groups is 2. The van der Waals surface area contributed by atoms with E-state index < -0.39 is 27.6 Å². The molecule has 3 amide bonds. The number of hydrogen-bond donors (Lipinski definition) is 2. The largest absolute Gasteiger partial charge is 0.324 e. The normalized spacial score (nSPS) is 15.4. The Kier molecular flexibility index (Phi) is 6.04. The van der Waals surface area contributed by atoms with Gasteiger partial charge in [-0.3, -0.25) is 19.8 Å². The number of hydrazine groups is 1. The fraction of sp³-hybridized carbons (Fsp3) is 0.286. The van der Waals surface area contributed by atoms with E-state index in [0.29, 0.717) is 5.69 Å². The molecule has 0 spiro atoms. The first-order valence-corrected chi connectivity index (χ1v) is 12.0. The van der Waals surface area contributed by atoms with Crippen molar-refractivity contribution in [1.29, 1.82) is 0 Å². The molecule has 2 heterocycles. The third-order valence-electron chi connectivity index (χ3n) is 5.67. The summed E-state index contributed by atoms with van der Waals surface area (Å²) < 4.78 is 40.1. The van der Waals surface area contributed by atoms with Crippen molar-refractivity contribution in [1.82, 2.24) is 20.1 Å². The summed E-state index contributed by atoms with van der Waals surface area (Å²) in [6.45, 7) is -0.00474. The second-order valence-corrected chi connectivity index (χ2v) is 10.1. The van der Waals surface area contributed by atoms with Gasteiger partial charge in [-0.15, -0.1) is 0 Å². The third kappa shape index (κ3) is 4.66. The highest BCUT2D eigenvalue weighted by Crippen LogP contribution is 2.26. The summed E-state index contributed by atoms with van der Waals surface area (Å²) in [4.78, 5) is 28.0. The van der Waals surface area contributed by atoms with E-state index in [1.54, 1.807) is 30.1 Å². The first-order valence-electron chi connectivity index (χ1n) is 10.2. The van der Waals surface area contributed by atoms with Crippen LogP contribution in [0.2, 0.25) is 0 Å². The number of urea groups is 1. The Hall–Kier alpha value is -3.51. The van der Waals surface area contributed by atoms with E-state index in [9.17, 15) is 22.4 Å². The van der Waals surface area contributed by atoms with Crippen LogP contribution in [0.3, 0.4) is 0 Å². The van der Waals surface area contributed by atoms with Crippen LogP contribution in [0.15, 0.2) is 42.6 Å². The van der Waals surface area contributed by atoms with Crippen LogP contribution in [0.1, 0.15) is 15.9 Å². The van der Waals surface area contributed by atoms with Crippen molar-refractivity contribution in [2.24, 2.45) is 12.9 Å². The molecule has 174 valence electrons. The van der Waals surface area contributed by atoms with Gasteiger partial charge >= 0.3 is 6.03 Å². The predicted octanol–water partition coefficient (Wildman–Crippen LogP) is 1.17. The van der Waals surface area contributed by atoms with E-state index in [4.69, 9.17) is 5.84 Å². The topological polar surface area (TPSA) is 131 Å². The number of rotatable bonds is 4. The number of halogens is 1. The highest BCUT2D eigenvalue weighted by atomic mass is 32.2. The monoisotopic (exact) mass is 474 g/mol. The standard InChI is InChI=1S/C21H23FN6O4S/c1-26-19-11-17(5-4-15(19)12-24-26)28(21(30)27-6-8-33(31,32)9-7-27)13-16-3-2-14(10-18(16)22)20(29)25-23/h2-5,10-12H,6-9,13,23H2,1H3,(H,25,29). The Morgan fingerprint density at radius 3 is 2.58 bits per heavy atom. The van der Waals surface area contributed by atoms with Crippen LogP contribution in [-0.2, 0) is 23.4 Å². The summed E-state index contributed by atoms with van der Waals surface area (Å²) in [6.07, 6.45) is 1.70. The molecule has 1 aliphatic heterocycles. The molecular weight excluding hydrogens is 451 g/mol. The Bertz CT molecular complexity index is 1330.